The Bertz CT molecular complexity index is 989. The molecular weight excluding hydrogens is 445 g/mol. The number of piperazine rings is 1. The maximum Gasteiger partial charge on any atom is 0.319 e. The van der Waals surface area contributed by atoms with Crippen LogP contribution in [0.25, 0.3) is 0 Å². The Morgan fingerprint density at radius 3 is 2.53 bits per heavy atom. The first-order valence-corrected chi connectivity index (χ1v) is 11.2. The van der Waals surface area contributed by atoms with Crippen LogP contribution >= 0.6 is 0 Å². The summed E-state index contributed by atoms with van der Waals surface area (Å²) in [5.41, 5.74) is 0.275. The average Bonchev–Trinajstić information content (AvgIpc) is 3.11. The lowest BCUT2D eigenvalue weighted by Gasteiger charge is -2.36. The molecule has 1 aromatic carbocycles. The smallest absolute Gasteiger partial charge is 0.319 e. The second-order valence-electron chi connectivity index (χ2n) is 8.30. The number of aliphatic hydroxyl groups is 2. The van der Waals surface area contributed by atoms with Gasteiger partial charge in [0, 0.05) is 44.6 Å². The lowest BCUT2D eigenvalue weighted by atomic mass is 10.0. The molecule has 182 valence electrons. The van der Waals surface area contributed by atoms with Crippen LogP contribution < -0.4 is 15.5 Å². The Balaban J connectivity index is 1.23. The maximum absolute atomic E-state index is 13.2. The van der Waals surface area contributed by atoms with E-state index in [-0.39, 0.29) is 24.6 Å². The van der Waals surface area contributed by atoms with Crippen molar-refractivity contribution in [1.82, 2.24) is 15.2 Å². The van der Waals surface area contributed by atoms with E-state index < -0.39 is 36.3 Å². The van der Waals surface area contributed by atoms with Gasteiger partial charge < -0.3 is 35.4 Å². The van der Waals surface area contributed by atoms with E-state index >= 15 is 0 Å². The predicted molar refractivity (Wildman–Crippen MR) is 122 cm³/mol. The summed E-state index contributed by atoms with van der Waals surface area (Å²) in [6.45, 7) is 2.24. The number of nitrogens with one attached hydrogen (secondary N) is 2. The van der Waals surface area contributed by atoms with Gasteiger partial charge in [0.25, 0.3) is 0 Å². The zero-order valence-corrected chi connectivity index (χ0v) is 18.5. The number of hydrogen-bond acceptors (Lipinski definition) is 7. The zero-order chi connectivity index (χ0) is 24.1. The fourth-order valence-corrected chi connectivity index (χ4v) is 4.12. The lowest BCUT2D eigenvalue weighted by Crippen LogP contribution is -2.50. The third kappa shape index (κ3) is 5.79. The van der Waals surface area contributed by atoms with Crippen molar-refractivity contribution >= 4 is 23.4 Å². The highest BCUT2D eigenvalue weighted by atomic mass is 19.1. The Morgan fingerprint density at radius 2 is 1.82 bits per heavy atom. The first-order chi connectivity index (χ1) is 16.4. The third-order valence-corrected chi connectivity index (χ3v) is 5.99. The molecule has 4 unspecified atom stereocenters. The molecule has 0 aliphatic carbocycles. The van der Waals surface area contributed by atoms with E-state index in [1.54, 1.807) is 11.1 Å². The summed E-state index contributed by atoms with van der Waals surface area (Å²) in [6, 6.07) is 10.5. The summed E-state index contributed by atoms with van der Waals surface area (Å²) in [5, 5.41) is 25.7. The molecule has 11 heteroatoms. The number of ether oxygens (including phenoxy) is 1. The van der Waals surface area contributed by atoms with Crippen LogP contribution in [0.5, 0.6) is 0 Å². The molecule has 34 heavy (non-hydrogen) atoms. The summed E-state index contributed by atoms with van der Waals surface area (Å²) in [7, 11) is 0. The molecule has 4 rings (SSSR count). The quantitative estimate of drug-likeness (QED) is 0.483. The number of rotatable bonds is 6. The van der Waals surface area contributed by atoms with Crippen molar-refractivity contribution in [3.05, 3.63) is 54.5 Å². The summed E-state index contributed by atoms with van der Waals surface area (Å²) in [5.74, 6) is 0.208. The van der Waals surface area contributed by atoms with E-state index in [2.05, 4.69) is 20.5 Å². The number of carbonyl (C=O) groups is 2. The molecular formula is C23H28FN5O5. The molecule has 0 spiro atoms. The fourth-order valence-electron chi connectivity index (χ4n) is 4.12. The van der Waals surface area contributed by atoms with E-state index in [4.69, 9.17) is 4.74 Å². The molecule has 0 radical (unpaired) electrons. The Morgan fingerprint density at radius 1 is 1.06 bits per heavy atom. The number of urea groups is 1. The number of aliphatic hydroxyl groups excluding tert-OH is 2. The standard InChI is InChI=1S/C23H28FN5O5/c24-15-4-3-5-16(12-15)27-23(33)26-14-18-22(32)21(31)17(34-18)13-20(30)29-10-8-28(9-11-29)19-6-1-2-7-25-19/h1-7,12,17-18,21-22,31-32H,8-11,13-14H2,(H2,26,27,33). The number of benzene rings is 1. The second kappa shape index (κ2) is 10.8. The molecule has 3 amide bonds. The molecule has 2 saturated heterocycles. The topological polar surface area (TPSA) is 127 Å². The summed E-state index contributed by atoms with van der Waals surface area (Å²) < 4.78 is 18.9. The summed E-state index contributed by atoms with van der Waals surface area (Å²) in [4.78, 5) is 33.0. The van der Waals surface area contributed by atoms with Gasteiger partial charge >= 0.3 is 6.03 Å². The molecule has 0 bridgehead atoms. The van der Waals surface area contributed by atoms with Crippen LogP contribution in [0.4, 0.5) is 20.7 Å². The average molecular weight is 474 g/mol. The van der Waals surface area contributed by atoms with Gasteiger partial charge in [0.1, 0.15) is 29.9 Å². The fraction of sp³-hybridized carbons (Fsp3) is 0.435. The molecule has 2 fully saturated rings. The Labute approximate surface area is 196 Å². The largest absolute Gasteiger partial charge is 0.388 e. The van der Waals surface area contributed by atoms with Gasteiger partial charge in [0.2, 0.25) is 5.91 Å². The molecule has 2 aromatic rings. The number of amides is 3. The van der Waals surface area contributed by atoms with Gasteiger partial charge in [0.05, 0.1) is 12.5 Å². The Hall–Kier alpha value is -3.28. The molecule has 4 N–H and O–H groups in total. The van der Waals surface area contributed by atoms with Crippen LogP contribution in [0, 0.1) is 5.82 Å². The van der Waals surface area contributed by atoms with E-state index in [0.717, 1.165) is 5.82 Å². The van der Waals surface area contributed by atoms with Gasteiger partial charge in [-0.25, -0.2) is 14.2 Å². The number of halogens is 1. The van der Waals surface area contributed by atoms with Crippen molar-refractivity contribution in [1.29, 1.82) is 0 Å². The highest BCUT2D eigenvalue weighted by Gasteiger charge is 2.44. The van der Waals surface area contributed by atoms with Crippen LogP contribution in [0.2, 0.25) is 0 Å². The van der Waals surface area contributed by atoms with Crippen LogP contribution in [0.3, 0.4) is 0 Å². The van der Waals surface area contributed by atoms with Crippen molar-refractivity contribution in [2.24, 2.45) is 0 Å². The van der Waals surface area contributed by atoms with Crippen molar-refractivity contribution < 1.29 is 28.9 Å². The predicted octanol–water partition coefficient (Wildman–Crippen LogP) is 0.570. The summed E-state index contributed by atoms with van der Waals surface area (Å²) >= 11 is 0. The first-order valence-electron chi connectivity index (χ1n) is 11.2. The highest BCUT2D eigenvalue weighted by molar-refractivity contribution is 5.89. The number of anilines is 2. The van der Waals surface area contributed by atoms with Gasteiger partial charge in [0.15, 0.2) is 0 Å². The van der Waals surface area contributed by atoms with Gasteiger partial charge in [-0.1, -0.05) is 12.1 Å². The monoisotopic (exact) mass is 473 g/mol. The number of aromatic nitrogens is 1. The number of carbonyl (C=O) groups excluding carboxylic acids is 2. The molecule has 2 aliphatic rings. The van der Waals surface area contributed by atoms with Gasteiger partial charge in [-0.15, -0.1) is 0 Å². The Kier molecular flexibility index (Phi) is 7.56. The molecule has 2 aliphatic heterocycles. The van der Waals surface area contributed by atoms with Gasteiger partial charge in [-0.05, 0) is 30.3 Å². The zero-order valence-electron chi connectivity index (χ0n) is 18.5. The molecule has 1 aromatic heterocycles. The summed E-state index contributed by atoms with van der Waals surface area (Å²) in [6.07, 6.45) is -2.62. The van der Waals surface area contributed by atoms with Crippen LogP contribution in [-0.2, 0) is 9.53 Å². The van der Waals surface area contributed by atoms with E-state index in [1.165, 1.54) is 24.3 Å². The number of nitrogens with zero attached hydrogens (tertiary/aromatic N) is 3. The van der Waals surface area contributed by atoms with E-state index in [1.807, 2.05) is 18.2 Å². The van der Waals surface area contributed by atoms with E-state index in [0.29, 0.717) is 26.2 Å². The van der Waals surface area contributed by atoms with Crippen molar-refractivity contribution in [3.63, 3.8) is 0 Å². The van der Waals surface area contributed by atoms with Crippen molar-refractivity contribution in [2.45, 2.75) is 30.8 Å². The molecule has 4 atom stereocenters. The van der Waals surface area contributed by atoms with Crippen LogP contribution in [0.1, 0.15) is 6.42 Å². The highest BCUT2D eigenvalue weighted by Crippen LogP contribution is 2.24. The minimum absolute atomic E-state index is 0.0756. The number of hydrogen-bond donors (Lipinski definition) is 4. The molecule has 0 saturated carbocycles. The lowest BCUT2D eigenvalue weighted by molar-refractivity contribution is -0.135. The number of pyridine rings is 1. The first kappa shape index (κ1) is 23.9. The SMILES string of the molecule is O=C(NCC1OC(CC(=O)N2CCN(c3ccccn3)CC2)C(O)C1O)Nc1cccc(F)c1. The van der Waals surface area contributed by atoms with Crippen LogP contribution in [-0.4, -0.2) is 89.2 Å². The molecule has 10 nitrogen and oxygen atoms in total. The van der Waals surface area contributed by atoms with Gasteiger partial charge in [-0.2, -0.15) is 0 Å². The van der Waals surface area contributed by atoms with Crippen molar-refractivity contribution in [3.8, 4) is 0 Å². The minimum Gasteiger partial charge on any atom is -0.388 e. The van der Waals surface area contributed by atoms with Crippen LogP contribution in [0.15, 0.2) is 48.7 Å². The second-order valence-corrected chi connectivity index (χ2v) is 8.30. The van der Waals surface area contributed by atoms with E-state index in [9.17, 15) is 24.2 Å². The maximum atomic E-state index is 13.2. The third-order valence-electron chi connectivity index (χ3n) is 5.99. The minimum atomic E-state index is -1.26. The molecule has 3 heterocycles. The van der Waals surface area contributed by atoms with Gasteiger partial charge in [-0.3, -0.25) is 4.79 Å². The normalized spacial score (nSPS) is 24.7. The van der Waals surface area contributed by atoms with Crippen molar-refractivity contribution in [2.75, 3.05) is 42.9 Å².